The molecule has 42 heavy (non-hydrogen) atoms. The average Bonchev–Trinajstić information content (AvgIpc) is 2.93. The fourth-order valence-corrected chi connectivity index (χ4v) is 5.28. The minimum Gasteiger partial charge on any atom is -0.550 e. The quantitative estimate of drug-likeness (QED) is 0.0521. The van der Waals surface area contributed by atoms with Crippen LogP contribution >= 0.6 is 0 Å². The van der Waals surface area contributed by atoms with E-state index < -0.39 is 11.9 Å². The predicted molar refractivity (Wildman–Crippen MR) is 169 cm³/mol. The molecule has 0 aromatic heterocycles. The Morgan fingerprint density at radius 3 is 0.619 bits per heavy atom. The normalized spacial score (nSPS) is 10.3. The molecule has 0 N–H and O–H groups in total. The Labute approximate surface area is 283 Å². The first-order valence-electron chi connectivity index (χ1n) is 17.9. The molecule has 0 heterocycles. The van der Waals surface area contributed by atoms with Crippen molar-refractivity contribution in [3.63, 3.8) is 0 Å². The number of hydrogen-bond donors (Lipinski definition) is 0. The van der Waals surface area contributed by atoms with Gasteiger partial charge in [-0.05, 0) is 25.7 Å². The summed E-state index contributed by atoms with van der Waals surface area (Å²) < 4.78 is 0. The number of carboxylic acids is 2. The van der Waals surface area contributed by atoms with Gasteiger partial charge in [0.1, 0.15) is 0 Å². The van der Waals surface area contributed by atoms with E-state index in [0.717, 1.165) is 25.7 Å². The van der Waals surface area contributed by atoms with Gasteiger partial charge in [-0.15, -0.1) is 0 Å². The third-order valence-electron chi connectivity index (χ3n) is 7.97. The molecule has 6 heteroatoms. The number of aliphatic carboxylic acids is 2. The first-order valence-corrected chi connectivity index (χ1v) is 17.9. The van der Waals surface area contributed by atoms with E-state index in [2.05, 4.69) is 13.8 Å². The zero-order valence-corrected chi connectivity index (χ0v) is 29.8. The smallest absolute Gasteiger partial charge is 0.550 e. The van der Waals surface area contributed by atoms with Gasteiger partial charge in [0.2, 0.25) is 0 Å². The van der Waals surface area contributed by atoms with Crippen LogP contribution in [0, 0.1) is 0 Å². The summed E-state index contributed by atoms with van der Waals surface area (Å²) in [5.74, 6) is -1.81. The van der Waals surface area contributed by atoms with Gasteiger partial charge >= 0.3 is 33.6 Å². The molecule has 0 bridgehead atoms. The molecular formula is C36H70CuNiO4+2. The maximum absolute atomic E-state index is 10.2. The minimum absolute atomic E-state index is 0. The Morgan fingerprint density at radius 1 is 0.333 bits per heavy atom. The summed E-state index contributed by atoms with van der Waals surface area (Å²) in [6, 6.07) is 0. The maximum atomic E-state index is 10.2. The number of carboxylic acid groups (broad SMARTS) is 2. The van der Waals surface area contributed by atoms with Crippen LogP contribution in [0.4, 0.5) is 0 Å². The predicted octanol–water partition coefficient (Wildman–Crippen LogP) is 9.99. The standard InChI is InChI=1S/2C18H36O2.Cu.Ni/c2*1-2-3-4-5-6-7-8-9-10-11-12-13-14-15-16-17-18(19)20;;/h2*2-17H2,1H3,(H,19,20);;/q;;2*+2/p-2. The topological polar surface area (TPSA) is 80.3 Å². The number of hydrogen-bond acceptors (Lipinski definition) is 4. The molecule has 0 fully saturated rings. The van der Waals surface area contributed by atoms with Crippen molar-refractivity contribution in [3.8, 4) is 0 Å². The molecule has 257 valence electrons. The number of carbonyl (C=O) groups excluding carboxylic acids is 2. The molecule has 0 spiro atoms. The molecule has 0 rings (SSSR count). The van der Waals surface area contributed by atoms with Gasteiger partial charge in [-0.25, -0.2) is 0 Å². The first kappa shape index (κ1) is 48.8. The maximum Gasteiger partial charge on any atom is 2.00 e. The third-order valence-corrected chi connectivity index (χ3v) is 7.97. The van der Waals surface area contributed by atoms with E-state index in [-0.39, 0.29) is 46.4 Å². The van der Waals surface area contributed by atoms with Crippen molar-refractivity contribution in [2.45, 2.75) is 219 Å². The van der Waals surface area contributed by atoms with E-state index in [1.54, 1.807) is 0 Å². The Morgan fingerprint density at radius 2 is 0.476 bits per heavy atom. The number of unbranched alkanes of at least 4 members (excludes halogenated alkanes) is 28. The Balaban J connectivity index is -0.000000328. The van der Waals surface area contributed by atoms with Crippen LogP contribution < -0.4 is 10.2 Å². The van der Waals surface area contributed by atoms with E-state index >= 15 is 0 Å². The summed E-state index contributed by atoms with van der Waals surface area (Å²) in [6.07, 6.45) is 39.7. The molecule has 0 aliphatic carbocycles. The largest absolute Gasteiger partial charge is 2.00 e. The van der Waals surface area contributed by atoms with E-state index in [4.69, 9.17) is 0 Å². The monoisotopic (exact) mass is 687 g/mol. The van der Waals surface area contributed by atoms with Crippen LogP contribution in [0.5, 0.6) is 0 Å². The second kappa shape index (κ2) is 45.4. The van der Waals surface area contributed by atoms with Crippen molar-refractivity contribution in [1.29, 1.82) is 0 Å². The van der Waals surface area contributed by atoms with Crippen LogP contribution in [-0.2, 0) is 43.1 Å². The van der Waals surface area contributed by atoms with Crippen molar-refractivity contribution >= 4 is 11.9 Å². The van der Waals surface area contributed by atoms with Crippen LogP contribution in [-0.4, -0.2) is 11.9 Å². The Hall–Kier alpha value is -0.0470. The van der Waals surface area contributed by atoms with Crippen molar-refractivity contribution in [2.24, 2.45) is 0 Å². The summed E-state index contributed by atoms with van der Waals surface area (Å²) in [5, 5.41) is 20.4. The van der Waals surface area contributed by atoms with E-state index in [1.165, 1.54) is 167 Å². The summed E-state index contributed by atoms with van der Waals surface area (Å²) in [4.78, 5) is 20.4. The van der Waals surface area contributed by atoms with Crippen LogP contribution in [0.25, 0.3) is 0 Å². The van der Waals surface area contributed by atoms with Crippen LogP contribution in [0.1, 0.15) is 219 Å². The van der Waals surface area contributed by atoms with Crippen LogP contribution in [0.15, 0.2) is 0 Å². The molecule has 0 saturated heterocycles. The van der Waals surface area contributed by atoms with E-state index in [0.29, 0.717) is 0 Å². The van der Waals surface area contributed by atoms with Crippen molar-refractivity contribution in [3.05, 3.63) is 0 Å². The Bertz CT molecular complexity index is 461. The van der Waals surface area contributed by atoms with Gasteiger partial charge in [0.15, 0.2) is 0 Å². The van der Waals surface area contributed by atoms with Gasteiger partial charge in [-0.2, -0.15) is 0 Å². The van der Waals surface area contributed by atoms with Crippen LogP contribution in [0.2, 0.25) is 0 Å². The fraction of sp³-hybridized carbons (Fsp3) is 0.944. The minimum atomic E-state index is -0.903. The average molecular weight is 689 g/mol. The molecule has 0 saturated carbocycles. The molecule has 0 aromatic rings. The molecule has 0 aliphatic rings. The first-order chi connectivity index (χ1) is 19.5. The summed E-state index contributed by atoms with van der Waals surface area (Å²) in [7, 11) is 0. The zero-order valence-electron chi connectivity index (χ0n) is 27.9. The molecule has 4 nitrogen and oxygen atoms in total. The second-order valence-electron chi connectivity index (χ2n) is 12.1. The van der Waals surface area contributed by atoms with Gasteiger partial charge in [-0.3, -0.25) is 0 Å². The van der Waals surface area contributed by atoms with Gasteiger partial charge in [0.25, 0.3) is 0 Å². The van der Waals surface area contributed by atoms with Gasteiger partial charge in [0.05, 0.1) is 0 Å². The van der Waals surface area contributed by atoms with Gasteiger partial charge < -0.3 is 19.8 Å². The summed E-state index contributed by atoms with van der Waals surface area (Å²) >= 11 is 0. The molecular weight excluding hydrogens is 619 g/mol. The fourth-order valence-electron chi connectivity index (χ4n) is 5.28. The molecule has 0 aliphatic heterocycles. The molecule has 0 atom stereocenters. The van der Waals surface area contributed by atoms with E-state index in [9.17, 15) is 19.8 Å². The number of carbonyl (C=O) groups is 2. The van der Waals surface area contributed by atoms with Crippen LogP contribution in [0.3, 0.4) is 0 Å². The van der Waals surface area contributed by atoms with Gasteiger partial charge in [0, 0.05) is 11.9 Å². The van der Waals surface area contributed by atoms with Crippen molar-refractivity contribution in [1.82, 2.24) is 0 Å². The van der Waals surface area contributed by atoms with Gasteiger partial charge in [-0.1, -0.05) is 194 Å². The Kier molecular flexibility index (Phi) is 52.8. The summed E-state index contributed by atoms with van der Waals surface area (Å²) in [6.45, 7) is 4.53. The second-order valence-corrected chi connectivity index (χ2v) is 12.1. The van der Waals surface area contributed by atoms with Crippen molar-refractivity contribution < 1.29 is 53.4 Å². The third kappa shape index (κ3) is 52.6. The summed E-state index contributed by atoms with van der Waals surface area (Å²) in [5.41, 5.74) is 0. The van der Waals surface area contributed by atoms with E-state index in [1.807, 2.05) is 0 Å². The molecule has 0 aromatic carbocycles. The SMILES string of the molecule is CCCCCCCCCCCCCCCCCC(=O)[O-].CCCCCCCCCCCCCCCCCC(=O)[O-].[Cu+2].[Ni+2]. The van der Waals surface area contributed by atoms with Crippen molar-refractivity contribution in [2.75, 3.05) is 0 Å². The molecule has 0 unspecified atom stereocenters. The number of rotatable bonds is 32. The molecule has 0 amide bonds. The zero-order chi connectivity index (χ0) is 29.8. The molecule has 1 radical (unpaired) electrons.